The Hall–Kier alpha value is -0.960. The van der Waals surface area contributed by atoms with Gasteiger partial charge in [-0.3, -0.25) is 9.59 Å². The highest BCUT2D eigenvalue weighted by atomic mass is 16.3. The molecule has 0 radical (unpaired) electrons. The van der Waals surface area contributed by atoms with E-state index in [0.717, 1.165) is 24.8 Å². The molecule has 0 heterocycles. The molecule has 3 heteroatoms. The van der Waals surface area contributed by atoms with Crippen LogP contribution in [0, 0.1) is 23.7 Å². The van der Waals surface area contributed by atoms with Crippen LogP contribution in [0.1, 0.15) is 72.6 Å². The number of carbonyl (C=O) groups excluding carboxylic acids is 2. The first kappa shape index (κ1) is 20.1. The van der Waals surface area contributed by atoms with Crippen LogP contribution in [-0.2, 0) is 9.59 Å². The molecule has 1 aliphatic rings. The Morgan fingerprint density at radius 1 is 1.09 bits per heavy atom. The zero-order chi connectivity index (χ0) is 17.6. The largest absolute Gasteiger partial charge is 0.393 e. The van der Waals surface area contributed by atoms with Crippen molar-refractivity contribution < 1.29 is 14.7 Å². The van der Waals surface area contributed by atoms with Crippen molar-refractivity contribution in [2.75, 3.05) is 0 Å². The molecule has 0 aromatic carbocycles. The van der Waals surface area contributed by atoms with Crippen LogP contribution in [0.3, 0.4) is 0 Å². The first-order chi connectivity index (χ1) is 10.7. The SMILES string of the molecule is C=C(C)C1CC[C@@H](C)C(=O)CCC(C)CC(=O)C[C@@H](C)[C@H](O)C1. The smallest absolute Gasteiger partial charge is 0.135 e. The summed E-state index contributed by atoms with van der Waals surface area (Å²) in [7, 11) is 0. The highest BCUT2D eigenvalue weighted by Crippen LogP contribution is 2.28. The molecule has 1 fully saturated rings. The Kier molecular flexibility index (Phi) is 8.18. The molecule has 0 saturated heterocycles. The first-order valence-corrected chi connectivity index (χ1v) is 9.08. The molecule has 1 rings (SSSR count). The molecule has 0 aliphatic heterocycles. The monoisotopic (exact) mass is 322 g/mol. The predicted octanol–water partition coefficient (Wildman–Crippen LogP) is 4.33. The number of ketones is 2. The van der Waals surface area contributed by atoms with Gasteiger partial charge >= 0.3 is 0 Å². The zero-order valence-electron chi connectivity index (χ0n) is 15.3. The highest BCUT2D eigenvalue weighted by molar-refractivity contribution is 5.81. The summed E-state index contributed by atoms with van der Waals surface area (Å²) < 4.78 is 0. The molecular weight excluding hydrogens is 288 g/mol. The zero-order valence-corrected chi connectivity index (χ0v) is 15.3. The van der Waals surface area contributed by atoms with Crippen LogP contribution in [-0.4, -0.2) is 22.8 Å². The van der Waals surface area contributed by atoms with E-state index in [1.54, 1.807) is 0 Å². The first-order valence-electron chi connectivity index (χ1n) is 9.08. The van der Waals surface area contributed by atoms with Crippen LogP contribution in [0.25, 0.3) is 0 Å². The van der Waals surface area contributed by atoms with Gasteiger partial charge in [0.1, 0.15) is 11.6 Å². The normalized spacial score (nSPS) is 35.6. The minimum atomic E-state index is -0.482. The van der Waals surface area contributed by atoms with E-state index in [0.29, 0.717) is 31.5 Å². The number of rotatable bonds is 1. The molecule has 0 bridgehead atoms. The Labute approximate surface area is 141 Å². The van der Waals surface area contributed by atoms with E-state index >= 15 is 0 Å². The minimum absolute atomic E-state index is 0.0152. The van der Waals surface area contributed by atoms with Crippen molar-refractivity contribution in [2.24, 2.45) is 23.7 Å². The molecule has 0 aromatic heterocycles. The Balaban J connectivity index is 2.83. The fourth-order valence-electron chi connectivity index (χ4n) is 3.41. The molecule has 1 saturated carbocycles. The molecule has 23 heavy (non-hydrogen) atoms. The maximum absolute atomic E-state index is 12.2. The number of carbonyl (C=O) groups is 2. The van der Waals surface area contributed by atoms with Crippen LogP contribution in [0.4, 0.5) is 0 Å². The van der Waals surface area contributed by atoms with Crippen molar-refractivity contribution in [3.63, 3.8) is 0 Å². The second-order valence-electron chi connectivity index (χ2n) is 7.86. The number of hydrogen-bond donors (Lipinski definition) is 1. The third-order valence-electron chi connectivity index (χ3n) is 5.39. The van der Waals surface area contributed by atoms with E-state index in [9.17, 15) is 14.7 Å². The van der Waals surface area contributed by atoms with Crippen LogP contribution in [0.2, 0.25) is 0 Å². The maximum Gasteiger partial charge on any atom is 0.135 e. The third kappa shape index (κ3) is 6.99. The summed E-state index contributed by atoms with van der Waals surface area (Å²) in [6.45, 7) is 12.0. The Morgan fingerprint density at radius 2 is 1.74 bits per heavy atom. The molecule has 132 valence electrons. The molecule has 0 spiro atoms. The highest BCUT2D eigenvalue weighted by Gasteiger charge is 2.25. The maximum atomic E-state index is 12.2. The van der Waals surface area contributed by atoms with E-state index in [2.05, 4.69) is 6.58 Å². The fourth-order valence-corrected chi connectivity index (χ4v) is 3.41. The summed E-state index contributed by atoms with van der Waals surface area (Å²) in [6, 6.07) is 0. The number of Topliss-reactive ketones (excluding diaryl/α,β-unsaturated/α-hetero) is 2. The van der Waals surface area contributed by atoms with Gasteiger partial charge in [0, 0.05) is 25.2 Å². The number of hydrogen-bond acceptors (Lipinski definition) is 3. The average molecular weight is 322 g/mol. The van der Waals surface area contributed by atoms with Crippen LogP contribution in [0.15, 0.2) is 12.2 Å². The summed E-state index contributed by atoms with van der Waals surface area (Å²) in [5.41, 5.74) is 1.06. The van der Waals surface area contributed by atoms with Gasteiger partial charge in [-0.1, -0.05) is 32.9 Å². The number of aliphatic hydroxyl groups is 1. The van der Waals surface area contributed by atoms with Gasteiger partial charge in [0.15, 0.2) is 0 Å². The average Bonchev–Trinajstić information content (AvgIpc) is 2.46. The van der Waals surface area contributed by atoms with Crippen LogP contribution < -0.4 is 0 Å². The topological polar surface area (TPSA) is 54.4 Å². The van der Waals surface area contributed by atoms with Gasteiger partial charge < -0.3 is 5.11 Å². The molecule has 3 nitrogen and oxygen atoms in total. The van der Waals surface area contributed by atoms with E-state index in [1.165, 1.54) is 0 Å². The van der Waals surface area contributed by atoms with E-state index in [4.69, 9.17) is 0 Å². The van der Waals surface area contributed by atoms with Gasteiger partial charge in [-0.2, -0.15) is 0 Å². The van der Waals surface area contributed by atoms with Crippen molar-refractivity contribution in [3.05, 3.63) is 12.2 Å². The number of allylic oxidation sites excluding steroid dienone is 1. The molecule has 5 atom stereocenters. The lowest BCUT2D eigenvalue weighted by Crippen LogP contribution is -2.26. The van der Waals surface area contributed by atoms with Gasteiger partial charge in [0.25, 0.3) is 0 Å². The van der Waals surface area contributed by atoms with Crippen molar-refractivity contribution in [3.8, 4) is 0 Å². The van der Waals surface area contributed by atoms with Gasteiger partial charge in [-0.05, 0) is 50.4 Å². The van der Waals surface area contributed by atoms with Crippen LogP contribution in [0.5, 0.6) is 0 Å². The van der Waals surface area contributed by atoms with Crippen molar-refractivity contribution in [1.29, 1.82) is 0 Å². The fraction of sp³-hybridized carbons (Fsp3) is 0.800. The van der Waals surface area contributed by atoms with Gasteiger partial charge in [-0.25, -0.2) is 0 Å². The van der Waals surface area contributed by atoms with E-state index < -0.39 is 6.10 Å². The molecule has 1 aliphatic carbocycles. The quantitative estimate of drug-likeness (QED) is 0.731. The van der Waals surface area contributed by atoms with Crippen molar-refractivity contribution >= 4 is 11.6 Å². The third-order valence-corrected chi connectivity index (χ3v) is 5.39. The molecule has 0 aromatic rings. The summed E-state index contributed by atoms with van der Waals surface area (Å²) in [6.07, 6.45) is 4.20. The Morgan fingerprint density at radius 3 is 2.35 bits per heavy atom. The predicted molar refractivity (Wildman–Crippen MR) is 94.1 cm³/mol. The summed E-state index contributed by atoms with van der Waals surface area (Å²) in [4.78, 5) is 24.4. The van der Waals surface area contributed by atoms with E-state index in [1.807, 2.05) is 27.7 Å². The van der Waals surface area contributed by atoms with Gasteiger partial charge in [0.05, 0.1) is 6.10 Å². The lowest BCUT2D eigenvalue weighted by molar-refractivity contribution is -0.124. The van der Waals surface area contributed by atoms with Crippen molar-refractivity contribution in [1.82, 2.24) is 0 Å². The van der Waals surface area contributed by atoms with Gasteiger partial charge in [0.2, 0.25) is 0 Å². The van der Waals surface area contributed by atoms with Gasteiger partial charge in [-0.15, -0.1) is 0 Å². The standard InChI is InChI=1S/C20H34O3/c1-13(2)17-8-7-15(4)19(22)9-6-14(3)10-18(21)11-16(5)20(23)12-17/h14-17,20,23H,1,6-12H2,2-5H3/t14?,15-,16-,17?,20-/m1/s1. The summed E-state index contributed by atoms with van der Waals surface area (Å²) in [5.74, 6) is 1.01. The molecule has 2 unspecified atom stereocenters. The van der Waals surface area contributed by atoms with Crippen LogP contribution >= 0.6 is 0 Å². The van der Waals surface area contributed by atoms with E-state index in [-0.39, 0.29) is 29.5 Å². The minimum Gasteiger partial charge on any atom is -0.393 e. The lowest BCUT2D eigenvalue weighted by atomic mass is 9.81. The molecule has 0 amide bonds. The summed E-state index contributed by atoms with van der Waals surface area (Å²) >= 11 is 0. The lowest BCUT2D eigenvalue weighted by Gasteiger charge is -2.26. The van der Waals surface area contributed by atoms with Crippen molar-refractivity contribution in [2.45, 2.75) is 78.7 Å². The second kappa shape index (κ2) is 9.36. The molecule has 1 N–H and O–H groups in total. The number of aliphatic hydroxyl groups excluding tert-OH is 1. The molecular formula is C20H34O3. The second-order valence-corrected chi connectivity index (χ2v) is 7.86. The summed E-state index contributed by atoms with van der Waals surface area (Å²) in [5, 5.41) is 10.4. The Bertz CT molecular complexity index is 427.